The van der Waals surface area contributed by atoms with Crippen molar-refractivity contribution in [3.63, 3.8) is 0 Å². The van der Waals surface area contributed by atoms with Crippen LogP contribution in [0.1, 0.15) is 18.4 Å². The Balaban J connectivity index is 2.03. The van der Waals surface area contributed by atoms with Crippen LogP contribution in [0.4, 0.5) is 0 Å². The second-order valence-electron chi connectivity index (χ2n) is 7.68. The van der Waals surface area contributed by atoms with E-state index in [4.69, 9.17) is 16.6 Å². The van der Waals surface area contributed by atoms with Crippen LogP contribution in [-0.4, -0.2) is 75.4 Å². The van der Waals surface area contributed by atoms with Crippen molar-refractivity contribution in [3.05, 3.63) is 36.0 Å². The first-order valence-electron chi connectivity index (χ1n) is 10.4. The van der Waals surface area contributed by atoms with Gasteiger partial charge >= 0.3 is 11.9 Å². The number of primary amides is 1. The number of aromatic nitrogens is 1. The number of rotatable bonds is 13. The Kier molecular flexibility index (Phi) is 9.28. The van der Waals surface area contributed by atoms with Crippen LogP contribution in [0.5, 0.6) is 0 Å². The van der Waals surface area contributed by atoms with Gasteiger partial charge in [0.1, 0.15) is 12.1 Å². The first-order valence-corrected chi connectivity index (χ1v) is 10.4. The number of benzene rings is 1. The quantitative estimate of drug-likeness (QED) is 0.148. The molecule has 14 nitrogen and oxygen atoms in total. The molecular formula is C21H26N6O8. The molecule has 2 rings (SSSR count). The summed E-state index contributed by atoms with van der Waals surface area (Å²) in [5, 5.41) is 26.0. The molecular weight excluding hydrogens is 464 g/mol. The molecule has 1 heterocycles. The maximum atomic E-state index is 12.7. The van der Waals surface area contributed by atoms with E-state index in [1.807, 2.05) is 0 Å². The first kappa shape index (κ1) is 26.8. The van der Waals surface area contributed by atoms with Crippen LogP contribution in [0.2, 0.25) is 0 Å². The molecule has 1 aromatic heterocycles. The van der Waals surface area contributed by atoms with E-state index in [1.165, 1.54) is 0 Å². The van der Waals surface area contributed by atoms with Crippen molar-refractivity contribution >= 4 is 46.5 Å². The van der Waals surface area contributed by atoms with Gasteiger partial charge in [-0.05, 0) is 11.6 Å². The van der Waals surface area contributed by atoms with Gasteiger partial charge in [-0.3, -0.25) is 24.0 Å². The van der Waals surface area contributed by atoms with Crippen molar-refractivity contribution < 1.29 is 39.0 Å². The molecule has 0 aliphatic rings. The minimum Gasteiger partial charge on any atom is -0.481 e. The van der Waals surface area contributed by atoms with Gasteiger partial charge in [0, 0.05) is 23.5 Å². The Morgan fingerprint density at radius 3 is 2.26 bits per heavy atom. The number of fused-ring (bicyclic) bond motifs is 1. The summed E-state index contributed by atoms with van der Waals surface area (Å²) in [7, 11) is 0. The average Bonchev–Trinajstić information content (AvgIpc) is 3.18. The van der Waals surface area contributed by atoms with Crippen LogP contribution in [0.25, 0.3) is 10.9 Å². The molecule has 35 heavy (non-hydrogen) atoms. The Bertz CT molecular complexity index is 1130. The molecule has 3 atom stereocenters. The summed E-state index contributed by atoms with van der Waals surface area (Å²) in [4.78, 5) is 73.4. The number of amides is 4. The standard InChI is InChI=1S/C21H26N6O8/c22-12(6-16(23)28)19(32)25-9-17(29)26-14(7-18(30)31)20(33)27-15(21(34)35)5-10-8-24-13-4-2-1-3-11(10)13/h1-4,8,12,14-15,24H,5-7,9,22H2,(H2,23,28)(H,25,32)(H,26,29)(H,27,33)(H,30,31)(H,34,35). The van der Waals surface area contributed by atoms with E-state index >= 15 is 0 Å². The monoisotopic (exact) mass is 490 g/mol. The second-order valence-corrected chi connectivity index (χ2v) is 7.68. The van der Waals surface area contributed by atoms with Crippen LogP contribution in [0.3, 0.4) is 0 Å². The zero-order chi connectivity index (χ0) is 26.1. The molecule has 0 fully saturated rings. The molecule has 188 valence electrons. The fraction of sp³-hybridized carbons (Fsp3) is 0.333. The Hall–Kier alpha value is -4.46. The van der Waals surface area contributed by atoms with Crippen molar-refractivity contribution in [2.24, 2.45) is 11.5 Å². The molecule has 0 aliphatic carbocycles. The summed E-state index contributed by atoms with van der Waals surface area (Å²) in [6.07, 6.45) is 0.207. The van der Waals surface area contributed by atoms with E-state index in [1.54, 1.807) is 30.5 Å². The molecule has 0 spiro atoms. The highest BCUT2D eigenvalue weighted by Crippen LogP contribution is 2.19. The number of hydrogen-bond donors (Lipinski definition) is 8. The first-order chi connectivity index (χ1) is 16.5. The van der Waals surface area contributed by atoms with Crippen LogP contribution >= 0.6 is 0 Å². The molecule has 0 saturated heterocycles. The molecule has 0 aliphatic heterocycles. The highest BCUT2D eigenvalue weighted by atomic mass is 16.4. The zero-order valence-corrected chi connectivity index (χ0v) is 18.4. The second kappa shape index (κ2) is 12.1. The summed E-state index contributed by atoms with van der Waals surface area (Å²) in [6.45, 7) is -0.674. The van der Waals surface area contributed by atoms with Crippen LogP contribution in [0.15, 0.2) is 30.5 Å². The zero-order valence-electron chi connectivity index (χ0n) is 18.4. The van der Waals surface area contributed by atoms with E-state index in [-0.39, 0.29) is 6.42 Å². The maximum Gasteiger partial charge on any atom is 0.326 e. The van der Waals surface area contributed by atoms with Gasteiger partial charge in [-0.2, -0.15) is 0 Å². The normalized spacial score (nSPS) is 13.3. The molecule has 4 amide bonds. The van der Waals surface area contributed by atoms with Gasteiger partial charge in [0.05, 0.1) is 25.4 Å². The minimum atomic E-state index is -1.62. The van der Waals surface area contributed by atoms with Crippen LogP contribution < -0.4 is 27.4 Å². The minimum absolute atomic E-state index is 0.105. The summed E-state index contributed by atoms with van der Waals surface area (Å²) in [5.74, 6) is -6.45. The average molecular weight is 490 g/mol. The van der Waals surface area contributed by atoms with Gasteiger partial charge in [-0.1, -0.05) is 18.2 Å². The van der Waals surface area contributed by atoms with E-state index in [0.29, 0.717) is 5.56 Å². The van der Waals surface area contributed by atoms with E-state index < -0.39 is 73.1 Å². The number of aromatic amines is 1. The maximum absolute atomic E-state index is 12.7. The molecule has 3 unspecified atom stereocenters. The molecule has 0 bridgehead atoms. The summed E-state index contributed by atoms with van der Waals surface area (Å²) >= 11 is 0. The lowest BCUT2D eigenvalue weighted by atomic mass is 10.0. The predicted molar refractivity (Wildman–Crippen MR) is 121 cm³/mol. The smallest absolute Gasteiger partial charge is 0.326 e. The third kappa shape index (κ3) is 8.12. The van der Waals surface area contributed by atoms with Gasteiger partial charge < -0.3 is 42.6 Å². The topological polar surface area (TPSA) is 247 Å². The third-order valence-corrected chi connectivity index (χ3v) is 4.93. The number of carboxylic acid groups (broad SMARTS) is 2. The van der Waals surface area contributed by atoms with Gasteiger partial charge in [0.15, 0.2) is 0 Å². The van der Waals surface area contributed by atoms with Gasteiger partial charge in [0.2, 0.25) is 23.6 Å². The van der Waals surface area contributed by atoms with Gasteiger partial charge in [0.25, 0.3) is 0 Å². The van der Waals surface area contributed by atoms with Gasteiger partial charge in [-0.25, -0.2) is 4.79 Å². The highest BCUT2D eigenvalue weighted by Gasteiger charge is 2.29. The predicted octanol–water partition coefficient (Wildman–Crippen LogP) is -2.44. The summed E-state index contributed by atoms with van der Waals surface area (Å²) in [5.41, 5.74) is 11.8. The number of H-pyrrole nitrogens is 1. The van der Waals surface area contributed by atoms with Crippen LogP contribution in [-0.2, 0) is 35.2 Å². The molecule has 14 heteroatoms. The third-order valence-electron chi connectivity index (χ3n) is 4.93. The number of aliphatic carboxylic acids is 2. The highest BCUT2D eigenvalue weighted by molar-refractivity contribution is 5.95. The number of hydrogen-bond acceptors (Lipinski definition) is 7. The van der Waals surface area contributed by atoms with E-state index in [0.717, 1.165) is 10.9 Å². The van der Waals surface area contributed by atoms with E-state index in [9.17, 15) is 33.9 Å². The lowest BCUT2D eigenvalue weighted by Gasteiger charge is -2.20. The number of carbonyl (C=O) groups excluding carboxylic acids is 4. The molecule has 0 radical (unpaired) electrons. The summed E-state index contributed by atoms with van der Waals surface area (Å²) < 4.78 is 0. The van der Waals surface area contributed by atoms with Crippen molar-refractivity contribution in [2.45, 2.75) is 37.4 Å². The van der Waals surface area contributed by atoms with E-state index in [2.05, 4.69) is 20.9 Å². The SMILES string of the molecule is NC(=O)CC(N)C(=O)NCC(=O)NC(CC(=O)O)C(=O)NC(Cc1c[nH]c2ccccc12)C(=O)O. The van der Waals surface area contributed by atoms with Crippen molar-refractivity contribution in [3.8, 4) is 0 Å². The fourth-order valence-corrected chi connectivity index (χ4v) is 3.23. The Morgan fingerprint density at radius 1 is 0.943 bits per heavy atom. The summed E-state index contributed by atoms with van der Waals surface area (Å²) in [6, 6.07) is 2.81. The molecule has 10 N–H and O–H groups in total. The molecule has 1 aromatic carbocycles. The number of para-hydroxylation sites is 1. The Morgan fingerprint density at radius 2 is 1.63 bits per heavy atom. The molecule has 2 aromatic rings. The Labute approximate surface area is 198 Å². The van der Waals surface area contributed by atoms with Crippen molar-refractivity contribution in [2.75, 3.05) is 6.54 Å². The fourth-order valence-electron chi connectivity index (χ4n) is 3.23. The lowest BCUT2D eigenvalue weighted by molar-refractivity contribution is -0.143. The number of nitrogens with one attached hydrogen (secondary N) is 4. The van der Waals surface area contributed by atoms with Crippen molar-refractivity contribution in [1.29, 1.82) is 0 Å². The number of nitrogens with two attached hydrogens (primary N) is 2. The van der Waals surface area contributed by atoms with Crippen LogP contribution in [0, 0.1) is 0 Å². The number of carboxylic acids is 2. The number of carbonyl (C=O) groups is 6. The lowest BCUT2D eigenvalue weighted by Crippen LogP contribution is -2.54. The van der Waals surface area contributed by atoms with Crippen molar-refractivity contribution in [1.82, 2.24) is 20.9 Å². The largest absolute Gasteiger partial charge is 0.481 e. The molecule has 0 saturated carbocycles. The van der Waals surface area contributed by atoms with Gasteiger partial charge in [-0.15, -0.1) is 0 Å².